The zero-order valence-corrected chi connectivity index (χ0v) is 16.1. The highest BCUT2D eigenvalue weighted by atomic mass is 32.2. The van der Waals surface area contributed by atoms with Gasteiger partial charge in [-0.2, -0.15) is 0 Å². The van der Waals surface area contributed by atoms with Crippen molar-refractivity contribution in [1.82, 2.24) is 20.4 Å². The monoisotopic (exact) mass is 418 g/mol. The first kappa shape index (κ1) is 19.2. The molecule has 2 N–H and O–H groups in total. The van der Waals surface area contributed by atoms with Crippen molar-refractivity contribution in [2.45, 2.75) is 11.3 Å². The molecule has 0 spiro atoms. The van der Waals surface area contributed by atoms with Crippen LogP contribution in [0, 0.1) is 0 Å². The standard InChI is InChI=1S/C18H18N4O6S/c23-18(12-5-6-14-15(11-12)27-10-2-9-26-14)19-7-8-20-29(24,25)16-4-1-3-13-17(16)22-28-21-13/h1,3-6,11,20H,2,7-10H2,(H,19,23). The number of benzene rings is 2. The lowest BCUT2D eigenvalue weighted by Gasteiger charge is -2.10. The summed E-state index contributed by atoms with van der Waals surface area (Å²) in [5, 5.41) is 9.92. The molecule has 0 bridgehead atoms. The van der Waals surface area contributed by atoms with Crippen LogP contribution in [-0.2, 0) is 10.0 Å². The highest BCUT2D eigenvalue weighted by molar-refractivity contribution is 7.89. The van der Waals surface area contributed by atoms with Crippen LogP contribution < -0.4 is 19.5 Å². The van der Waals surface area contributed by atoms with E-state index >= 15 is 0 Å². The minimum Gasteiger partial charge on any atom is -0.490 e. The lowest BCUT2D eigenvalue weighted by molar-refractivity contribution is 0.0954. The molecule has 2 heterocycles. The molecule has 0 radical (unpaired) electrons. The van der Waals surface area contributed by atoms with Gasteiger partial charge in [-0.15, -0.1) is 0 Å². The third-order valence-corrected chi connectivity index (χ3v) is 5.74. The van der Waals surface area contributed by atoms with E-state index in [1.54, 1.807) is 30.3 Å². The van der Waals surface area contributed by atoms with E-state index in [9.17, 15) is 13.2 Å². The van der Waals surface area contributed by atoms with Gasteiger partial charge in [0, 0.05) is 25.1 Å². The normalized spacial score (nSPS) is 13.8. The molecule has 29 heavy (non-hydrogen) atoms. The number of hydrogen-bond acceptors (Lipinski definition) is 8. The summed E-state index contributed by atoms with van der Waals surface area (Å²) in [5.41, 5.74) is 0.891. The van der Waals surface area contributed by atoms with Crippen LogP contribution in [0.4, 0.5) is 0 Å². The molecule has 11 heteroatoms. The van der Waals surface area contributed by atoms with Crippen molar-refractivity contribution in [2.75, 3.05) is 26.3 Å². The Hall–Kier alpha value is -3.18. The van der Waals surface area contributed by atoms with Crippen LogP contribution in [0.2, 0.25) is 0 Å². The molecule has 3 aromatic rings. The molecule has 10 nitrogen and oxygen atoms in total. The van der Waals surface area contributed by atoms with Crippen molar-refractivity contribution >= 4 is 27.0 Å². The Kier molecular flexibility index (Phi) is 5.32. The summed E-state index contributed by atoms with van der Waals surface area (Å²) in [6.45, 7) is 1.18. The van der Waals surface area contributed by atoms with Crippen molar-refractivity contribution < 1.29 is 27.3 Å². The molecule has 152 valence electrons. The van der Waals surface area contributed by atoms with Gasteiger partial charge in [-0.3, -0.25) is 4.79 Å². The second-order valence-corrected chi connectivity index (χ2v) is 7.99. The average Bonchev–Trinajstić information content (AvgIpc) is 3.08. The largest absolute Gasteiger partial charge is 0.490 e. The van der Waals surface area contributed by atoms with E-state index in [-0.39, 0.29) is 29.4 Å². The van der Waals surface area contributed by atoms with Gasteiger partial charge in [-0.25, -0.2) is 17.8 Å². The smallest absolute Gasteiger partial charge is 0.251 e. The molecule has 1 aliphatic rings. The second kappa shape index (κ2) is 8.05. The fourth-order valence-corrected chi connectivity index (χ4v) is 4.02. The molecule has 0 atom stereocenters. The summed E-state index contributed by atoms with van der Waals surface area (Å²) >= 11 is 0. The van der Waals surface area contributed by atoms with Gasteiger partial charge in [-0.1, -0.05) is 6.07 Å². The Morgan fingerprint density at radius 2 is 1.86 bits per heavy atom. The molecule has 4 rings (SSSR count). The van der Waals surface area contributed by atoms with Gasteiger partial charge in [0.05, 0.1) is 13.2 Å². The summed E-state index contributed by atoms with van der Waals surface area (Å²) in [7, 11) is -3.84. The maximum absolute atomic E-state index is 12.5. The van der Waals surface area contributed by atoms with Crippen LogP contribution in [0.3, 0.4) is 0 Å². The van der Waals surface area contributed by atoms with E-state index in [4.69, 9.17) is 9.47 Å². The first-order valence-corrected chi connectivity index (χ1v) is 10.4. The van der Waals surface area contributed by atoms with E-state index in [1.807, 2.05) is 0 Å². The van der Waals surface area contributed by atoms with E-state index in [0.29, 0.717) is 35.8 Å². The van der Waals surface area contributed by atoms with Crippen molar-refractivity contribution in [2.24, 2.45) is 0 Å². The summed E-state index contributed by atoms with van der Waals surface area (Å²) < 4.78 is 43.1. The van der Waals surface area contributed by atoms with Crippen molar-refractivity contribution in [1.29, 1.82) is 0 Å². The van der Waals surface area contributed by atoms with Crippen molar-refractivity contribution in [3.05, 3.63) is 42.0 Å². The summed E-state index contributed by atoms with van der Waals surface area (Å²) in [6.07, 6.45) is 0.772. The highest BCUT2D eigenvalue weighted by Gasteiger charge is 2.20. The van der Waals surface area contributed by atoms with Gasteiger partial charge in [0.1, 0.15) is 10.4 Å². The fourth-order valence-electron chi connectivity index (χ4n) is 2.84. The number of nitrogens with zero attached hydrogens (tertiary/aromatic N) is 2. The van der Waals surface area contributed by atoms with Crippen LogP contribution in [0.15, 0.2) is 45.9 Å². The van der Waals surface area contributed by atoms with Crippen LogP contribution in [0.5, 0.6) is 11.5 Å². The number of carbonyl (C=O) groups excluding carboxylic acids is 1. The maximum atomic E-state index is 12.5. The molecular formula is C18H18N4O6S. The van der Waals surface area contributed by atoms with Gasteiger partial charge in [-0.05, 0) is 40.6 Å². The molecule has 1 aromatic heterocycles. The Bertz CT molecular complexity index is 1140. The maximum Gasteiger partial charge on any atom is 0.251 e. The summed E-state index contributed by atoms with van der Waals surface area (Å²) in [4.78, 5) is 12.3. The van der Waals surface area contributed by atoms with E-state index in [2.05, 4.69) is 25.0 Å². The SMILES string of the molecule is O=C(NCCNS(=O)(=O)c1cccc2nonc12)c1ccc2c(c1)OCCCO2. The average molecular weight is 418 g/mol. The van der Waals surface area contributed by atoms with Gasteiger partial charge >= 0.3 is 0 Å². The number of ether oxygens (including phenoxy) is 2. The molecule has 1 amide bonds. The van der Waals surface area contributed by atoms with Crippen LogP contribution in [0.25, 0.3) is 11.0 Å². The topological polar surface area (TPSA) is 133 Å². The molecule has 0 saturated carbocycles. The van der Waals surface area contributed by atoms with Crippen LogP contribution >= 0.6 is 0 Å². The molecule has 0 saturated heterocycles. The van der Waals surface area contributed by atoms with Gasteiger partial charge in [0.25, 0.3) is 5.91 Å². The number of amides is 1. The molecule has 0 unspecified atom stereocenters. The third kappa shape index (κ3) is 4.15. The quantitative estimate of drug-likeness (QED) is 0.569. The highest BCUT2D eigenvalue weighted by Crippen LogP contribution is 2.30. The van der Waals surface area contributed by atoms with Crippen LogP contribution in [-0.4, -0.2) is 50.9 Å². The Morgan fingerprint density at radius 1 is 1.03 bits per heavy atom. The van der Waals surface area contributed by atoms with Gasteiger partial charge < -0.3 is 14.8 Å². The molecule has 0 fully saturated rings. The number of rotatable bonds is 6. The number of sulfonamides is 1. The van der Waals surface area contributed by atoms with Crippen molar-refractivity contribution in [3.63, 3.8) is 0 Å². The zero-order chi connectivity index (χ0) is 20.3. The lowest BCUT2D eigenvalue weighted by Crippen LogP contribution is -2.34. The summed E-state index contributed by atoms with van der Waals surface area (Å²) in [5.74, 6) is 0.774. The predicted octanol–water partition coefficient (Wildman–Crippen LogP) is 1.09. The lowest BCUT2D eigenvalue weighted by atomic mass is 10.2. The van der Waals surface area contributed by atoms with E-state index < -0.39 is 10.0 Å². The Balaban J connectivity index is 1.35. The molecule has 1 aliphatic heterocycles. The number of carbonyl (C=O) groups is 1. The van der Waals surface area contributed by atoms with Gasteiger partial charge in [0.15, 0.2) is 17.0 Å². The zero-order valence-electron chi connectivity index (χ0n) is 15.3. The fraction of sp³-hybridized carbons (Fsp3) is 0.278. The van der Waals surface area contributed by atoms with Gasteiger partial charge in [0.2, 0.25) is 10.0 Å². The Labute approximate surface area is 166 Å². The summed E-state index contributed by atoms with van der Waals surface area (Å²) in [6, 6.07) is 9.48. The molecule has 0 aliphatic carbocycles. The molecular weight excluding hydrogens is 400 g/mol. The van der Waals surface area contributed by atoms with Crippen LogP contribution in [0.1, 0.15) is 16.8 Å². The van der Waals surface area contributed by atoms with E-state index in [1.165, 1.54) is 6.07 Å². The third-order valence-electron chi connectivity index (χ3n) is 4.25. The van der Waals surface area contributed by atoms with E-state index in [0.717, 1.165) is 6.42 Å². The number of aromatic nitrogens is 2. The minimum atomic E-state index is -3.84. The predicted molar refractivity (Wildman–Crippen MR) is 101 cm³/mol. The number of fused-ring (bicyclic) bond motifs is 2. The number of hydrogen-bond donors (Lipinski definition) is 2. The first-order valence-electron chi connectivity index (χ1n) is 8.93. The number of nitrogens with one attached hydrogen (secondary N) is 2. The van der Waals surface area contributed by atoms with Crippen molar-refractivity contribution in [3.8, 4) is 11.5 Å². The first-order chi connectivity index (χ1) is 14.0. The molecule has 2 aromatic carbocycles. The second-order valence-electron chi connectivity index (χ2n) is 6.25. The Morgan fingerprint density at radius 3 is 2.72 bits per heavy atom. The minimum absolute atomic E-state index is 0.000290.